The van der Waals surface area contributed by atoms with Crippen molar-refractivity contribution in [3.63, 3.8) is 0 Å². The standard InChI is InChI=1S/C9H11NO3/c1-12-6-3-4-7(9(10)11)8(5-6)13-2/h3-5H,1-2H3,(H2,10,11)/p-1. The molecule has 0 heterocycles. The lowest BCUT2D eigenvalue weighted by atomic mass is 10.2. The molecule has 0 amide bonds. The summed E-state index contributed by atoms with van der Waals surface area (Å²) < 4.78 is 9.87. The first-order valence-corrected chi connectivity index (χ1v) is 3.67. The maximum atomic E-state index is 10.8. The second kappa shape index (κ2) is 3.80. The maximum Gasteiger partial charge on any atom is 0.130 e. The van der Waals surface area contributed by atoms with Gasteiger partial charge in [0.25, 0.3) is 0 Å². The number of hydrogen-bond donors (Lipinski definition) is 1. The predicted molar refractivity (Wildman–Crippen MR) is 46.4 cm³/mol. The summed E-state index contributed by atoms with van der Waals surface area (Å²) in [5, 5.41) is 17.7. The molecule has 4 nitrogen and oxygen atoms in total. The third kappa shape index (κ3) is 1.90. The minimum Gasteiger partial charge on any atom is -0.859 e. The Labute approximate surface area is 76.2 Å². The molecule has 0 radical (unpaired) electrons. The Bertz CT molecular complexity index is 323. The van der Waals surface area contributed by atoms with Gasteiger partial charge in [0.05, 0.1) is 14.2 Å². The molecule has 0 spiro atoms. The van der Waals surface area contributed by atoms with E-state index in [0.29, 0.717) is 11.5 Å². The van der Waals surface area contributed by atoms with Crippen LogP contribution in [-0.2, 0) is 0 Å². The third-order valence-corrected chi connectivity index (χ3v) is 1.65. The van der Waals surface area contributed by atoms with Gasteiger partial charge in [-0.05, 0) is 18.0 Å². The van der Waals surface area contributed by atoms with Gasteiger partial charge in [-0.2, -0.15) is 0 Å². The summed E-state index contributed by atoms with van der Waals surface area (Å²) >= 11 is 0. The number of nitrogens with one attached hydrogen (secondary N) is 1. The Balaban J connectivity index is 3.15. The van der Waals surface area contributed by atoms with E-state index in [-0.39, 0.29) is 5.56 Å². The maximum absolute atomic E-state index is 10.8. The minimum absolute atomic E-state index is 0.239. The van der Waals surface area contributed by atoms with Crippen molar-refractivity contribution in [1.82, 2.24) is 0 Å². The van der Waals surface area contributed by atoms with Gasteiger partial charge in [-0.3, -0.25) is 0 Å². The molecule has 1 rings (SSSR count). The highest BCUT2D eigenvalue weighted by atomic mass is 16.5. The van der Waals surface area contributed by atoms with Gasteiger partial charge in [0.1, 0.15) is 11.5 Å². The van der Waals surface area contributed by atoms with Crippen molar-refractivity contribution < 1.29 is 14.6 Å². The molecule has 0 aliphatic carbocycles. The molecular formula is C9H10NO3-. The summed E-state index contributed by atoms with van der Waals surface area (Å²) in [6.07, 6.45) is 0. The van der Waals surface area contributed by atoms with E-state index >= 15 is 0 Å². The Kier molecular flexibility index (Phi) is 2.74. The molecule has 13 heavy (non-hydrogen) atoms. The van der Waals surface area contributed by atoms with Crippen molar-refractivity contribution in [2.75, 3.05) is 14.2 Å². The largest absolute Gasteiger partial charge is 0.859 e. The van der Waals surface area contributed by atoms with Crippen LogP contribution in [0.4, 0.5) is 0 Å². The van der Waals surface area contributed by atoms with Crippen LogP contribution < -0.4 is 14.6 Å². The number of methoxy groups -OCH3 is 2. The van der Waals surface area contributed by atoms with Crippen molar-refractivity contribution in [3.8, 4) is 11.5 Å². The first kappa shape index (κ1) is 9.38. The Morgan fingerprint density at radius 2 is 2.00 bits per heavy atom. The van der Waals surface area contributed by atoms with Gasteiger partial charge in [-0.25, -0.2) is 0 Å². The molecule has 1 N–H and O–H groups in total. The van der Waals surface area contributed by atoms with Crippen LogP contribution in [0.25, 0.3) is 0 Å². The predicted octanol–water partition coefficient (Wildman–Crippen LogP) is 0.389. The fraction of sp³-hybridized carbons (Fsp3) is 0.222. The van der Waals surface area contributed by atoms with Gasteiger partial charge in [0.2, 0.25) is 0 Å². The molecular weight excluding hydrogens is 170 g/mol. The molecule has 1 aromatic rings. The van der Waals surface area contributed by atoms with Gasteiger partial charge in [0.15, 0.2) is 0 Å². The number of rotatable bonds is 3. The van der Waals surface area contributed by atoms with Crippen LogP contribution in [0, 0.1) is 5.41 Å². The first-order valence-electron chi connectivity index (χ1n) is 3.67. The average molecular weight is 180 g/mol. The van der Waals surface area contributed by atoms with Crippen LogP contribution in [-0.4, -0.2) is 20.1 Å². The van der Waals surface area contributed by atoms with Crippen molar-refractivity contribution in [2.45, 2.75) is 0 Å². The molecule has 0 fully saturated rings. The van der Waals surface area contributed by atoms with Gasteiger partial charge in [0, 0.05) is 11.6 Å². The zero-order valence-electron chi connectivity index (χ0n) is 7.46. The number of ether oxygens (including phenoxy) is 2. The zero-order valence-corrected chi connectivity index (χ0v) is 7.46. The molecule has 0 saturated heterocycles. The van der Waals surface area contributed by atoms with E-state index in [1.54, 1.807) is 12.1 Å². The van der Waals surface area contributed by atoms with E-state index < -0.39 is 5.90 Å². The van der Waals surface area contributed by atoms with E-state index in [1.807, 2.05) is 0 Å². The second-order valence-corrected chi connectivity index (χ2v) is 2.40. The molecule has 4 heteroatoms. The van der Waals surface area contributed by atoms with Crippen LogP contribution in [0.5, 0.6) is 11.5 Å². The molecule has 70 valence electrons. The highest BCUT2D eigenvalue weighted by Crippen LogP contribution is 2.23. The smallest absolute Gasteiger partial charge is 0.130 e. The molecule has 0 saturated carbocycles. The quantitative estimate of drug-likeness (QED) is 0.540. The fourth-order valence-electron chi connectivity index (χ4n) is 0.986. The van der Waals surface area contributed by atoms with Crippen molar-refractivity contribution in [3.05, 3.63) is 23.8 Å². The first-order chi connectivity index (χ1) is 6.19. The van der Waals surface area contributed by atoms with Gasteiger partial charge >= 0.3 is 0 Å². The second-order valence-electron chi connectivity index (χ2n) is 2.40. The summed E-state index contributed by atoms with van der Waals surface area (Å²) in [7, 11) is 2.97. The summed E-state index contributed by atoms with van der Waals surface area (Å²) in [5.74, 6) is 0.195. The van der Waals surface area contributed by atoms with Crippen molar-refractivity contribution in [1.29, 1.82) is 5.41 Å². The van der Waals surface area contributed by atoms with Crippen molar-refractivity contribution in [2.24, 2.45) is 0 Å². The molecule has 0 unspecified atom stereocenters. The normalized spacial score (nSPS) is 9.38. The van der Waals surface area contributed by atoms with Gasteiger partial charge in [-0.15, -0.1) is 0 Å². The summed E-state index contributed by atoms with van der Waals surface area (Å²) in [6, 6.07) is 4.69. The lowest BCUT2D eigenvalue weighted by Crippen LogP contribution is -2.17. The van der Waals surface area contributed by atoms with Gasteiger partial charge in [-0.1, -0.05) is 0 Å². The lowest BCUT2D eigenvalue weighted by Gasteiger charge is -2.13. The molecule has 0 aliphatic rings. The SMILES string of the molecule is COc1ccc(C(=N)[O-])c(OC)c1. The van der Waals surface area contributed by atoms with E-state index in [9.17, 15) is 5.11 Å². The molecule has 0 aromatic heterocycles. The van der Waals surface area contributed by atoms with Crippen LogP contribution >= 0.6 is 0 Å². The summed E-state index contributed by atoms with van der Waals surface area (Å²) in [5.41, 5.74) is 0.239. The number of hydrogen-bond acceptors (Lipinski definition) is 4. The minimum atomic E-state index is -0.764. The van der Waals surface area contributed by atoms with Crippen LogP contribution in [0.1, 0.15) is 5.56 Å². The monoisotopic (exact) mass is 180 g/mol. The fourth-order valence-corrected chi connectivity index (χ4v) is 0.986. The summed E-state index contributed by atoms with van der Waals surface area (Å²) in [4.78, 5) is 0. The van der Waals surface area contributed by atoms with E-state index in [4.69, 9.17) is 14.9 Å². The molecule has 0 aliphatic heterocycles. The van der Waals surface area contributed by atoms with Gasteiger partial charge < -0.3 is 20.0 Å². The average Bonchev–Trinajstić information content (AvgIpc) is 2.16. The zero-order chi connectivity index (χ0) is 9.84. The van der Waals surface area contributed by atoms with Crippen LogP contribution in [0.3, 0.4) is 0 Å². The summed E-state index contributed by atoms with van der Waals surface area (Å²) in [6.45, 7) is 0. The Hall–Kier alpha value is -1.71. The topological polar surface area (TPSA) is 65.4 Å². The van der Waals surface area contributed by atoms with E-state index in [2.05, 4.69) is 0 Å². The highest BCUT2D eigenvalue weighted by molar-refractivity contribution is 5.91. The van der Waals surface area contributed by atoms with E-state index in [0.717, 1.165) is 0 Å². The molecule has 0 bridgehead atoms. The Morgan fingerprint density at radius 3 is 2.46 bits per heavy atom. The van der Waals surface area contributed by atoms with Crippen molar-refractivity contribution >= 4 is 5.90 Å². The highest BCUT2D eigenvalue weighted by Gasteiger charge is 2.03. The molecule has 0 atom stereocenters. The van der Waals surface area contributed by atoms with E-state index in [1.165, 1.54) is 20.3 Å². The third-order valence-electron chi connectivity index (χ3n) is 1.65. The Morgan fingerprint density at radius 1 is 1.31 bits per heavy atom. The molecule has 1 aromatic carbocycles. The number of benzene rings is 1. The lowest BCUT2D eigenvalue weighted by molar-refractivity contribution is -0.214. The van der Waals surface area contributed by atoms with Crippen LogP contribution in [0.15, 0.2) is 18.2 Å². The van der Waals surface area contributed by atoms with Crippen LogP contribution in [0.2, 0.25) is 0 Å².